The van der Waals surface area contributed by atoms with Crippen LogP contribution in [0.3, 0.4) is 0 Å². The molecule has 118 valence electrons. The van der Waals surface area contributed by atoms with Gasteiger partial charge in [-0.05, 0) is 42.8 Å². The van der Waals surface area contributed by atoms with Crippen LogP contribution >= 0.6 is 11.6 Å². The van der Waals surface area contributed by atoms with Crippen LogP contribution in [0.5, 0.6) is 0 Å². The van der Waals surface area contributed by atoms with Crippen molar-refractivity contribution in [1.82, 2.24) is 4.90 Å². The van der Waals surface area contributed by atoms with Gasteiger partial charge in [0.15, 0.2) is 0 Å². The molecule has 0 radical (unpaired) electrons. The zero-order valence-corrected chi connectivity index (χ0v) is 13.1. The van der Waals surface area contributed by atoms with Crippen molar-refractivity contribution in [2.24, 2.45) is 0 Å². The number of anilines is 1. The van der Waals surface area contributed by atoms with Crippen molar-refractivity contribution in [3.63, 3.8) is 0 Å². The first-order valence-electron chi connectivity index (χ1n) is 7.12. The monoisotopic (exact) mass is 332 g/mol. The summed E-state index contributed by atoms with van der Waals surface area (Å²) in [6.07, 6.45) is 0. The number of carbonyl (C=O) groups is 2. The van der Waals surface area contributed by atoms with Gasteiger partial charge in [0.1, 0.15) is 11.9 Å². The van der Waals surface area contributed by atoms with E-state index in [0.29, 0.717) is 16.3 Å². The largest absolute Gasteiger partial charge is 0.332 e. The molecule has 1 atom stereocenters. The third kappa shape index (κ3) is 2.80. The van der Waals surface area contributed by atoms with Crippen molar-refractivity contribution in [3.05, 3.63) is 64.9 Å². The summed E-state index contributed by atoms with van der Waals surface area (Å²) in [6.45, 7) is 1.76. The van der Waals surface area contributed by atoms with E-state index in [4.69, 9.17) is 11.6 Å². The molecule has 1 aliphatic rings. The van der Waals surface area contributed by atoms with E-state index in [1.807, 2.05) is 0 Å². The molecule has 3 rings (SSSR count). The lowest BCUT2D eigenvalue weighted by molar-refractivity contribution is -0.127. The van der Waals surface area contributed by atoms with Crippen LogP contribution in [0.4, 0.5) is 14.9 Å². The maximum Gasteiger partial charge on any atom is 0.332 e. The number of hydrogen-bond donors (Lipinski definition) is 0. The standard InChI is InChI=1S/C17H14ClFN2O2/c1-11-16(22)20(10-12-4-2-3-5-15(12)18)17(23)21(11)14-8-6-13(19)7-9-14/h2-9,11H,10H2,1H3. The van der Waals surface area contributed by atoms with Gasteiger partial charge in [0.25, 0.3) is 5.91 Å². The fourth-order valence-corrected chi connectivity index (χ4v) is 2.80. The smallest absolute Gasteiger partial charge is 0.282 e. The summed E-state index contributed by atoms with van der Waals surface area (Å²) < 4.78 is 13.1. The maximum absolute atomic E-state index is 13.1. The molecular formula is C17H14ClFN2O2. The third-order valence-corrected chi connectivity index (χ3v) is 4.21. The van der Waals surface area contributed by atoms with E-state index < -0.39 is 17.9 Å². The number of rotatable bonds is 3. The predicted octanol–water partition coefficient (Wildman–Crippen LogP) is 3.84. The van der Waals surface area contributed by atoms with Gasteiger partial charge in [-0.2, -0.15) is 0 Å². The zero-order chi connectivity index (χ0) is 16.6. The lowest BCUT2D eigenvalue weighted by atomic mass is 10.2. The van der Waals surface area contributed by atoms with Crippen molar-refractivity contribution in [2.75, 3.05) is 4.90 Å². The Morgan fingerprint density at radius 1 is 1.09 bits per heavy atom. The Morgan fingerprint density at radius 3 is 2.39 bits per heavy atom. The minimum atomic E-state index is -0.643. The number of benzene rings is 2. The molecule has 0 aliphatic carbocycles. The summed E-state index contributed by atoms with van der Waals surface area (Å²) >= 11 is 6.10. The zero-order valence-electron chi connectivity index (χ0n) is 12.4. The molecule has 1 unspecified atom stereocenters. The lowest BCUT2D eigenvalue weighted by Crippen LogP contribution is -2.33. The second-order valence-electron chi connectivity index (χ2n) is 5.32. The summed E-state index contributed by atoms with van der Waals surface area (Å²) in [5, 5.41) is 0.501. The molecule has 2 aromatic rings. The molecule has 0 saturated carbocycles. The van der Waals surface area contributed by atoms with Crippen LogP contribution in [0.15, 0.2) is 48.5 Å². The first kappa shape index (κ1) is 15.5. The normalized spacial score (nSPS) is 18.0. The van der Waals surface area contributed by atoms with Gasteiger partial charge in [-0.1, -0.05) is 29.8 Å². The van der Waals surface area contributed by atoms with Crippen LogP contribution in [-0.4, -0.2) is 22.9 Å². The number of halogens is 2. The van der Waals surface area contributed by atoms with Gasteiger partial charge < -0.3 is 0 Å². The molecule has 2 aromatic carbocycles. The number of urea groups is 1. The average Bonchev–Trinajstić information content (AvgIpc) is 2.74. The number of nitrogens with zero attached hydrogens (tertiary/aromatic N) is 2. The van der Waals surface area contributed by atoms with Crippen molar-refractivity contribution >= 4 is 29.2 Å². The Balaban J connectivity index is 1.89. The highest BCUT2D eigenvalue weighted by molar-refractivity contribution is 6.31. The molecule has 23 heavy (non-hydrogen) atoms. The van der Waals surface area contributed by atoms with Gasteiger partial charge in [0, 0.05) is 10.7 Å². The molecule has 0 spiro atoms. The van der Waals surface area contributed by atoms with Gasteiger partial charge in [-0.3, -0.25) is 14.6 Å². The topological polar surface area (TPSA) is 40.6 Å². The molecule has 1 saturated heterocycles. The molecule has 4 nitrogen and oxygen atoms in total. The van der Waals surface area contributed by atoms with Crippen LogP contribution in [0.1, 0.15) is 12.5 Å². The predicted molar refractivity (Wildman–Crippen MR) is 85.7 cm³/mol. The Labute approximate surface area is 138 Å². The Morgan fingerprint density at radius 2 is 1.74 bits per heavy atom. The first-order valence-corrected chi connectivity index (χ1v) is 7.50. The van der Waals surface area contributed by atoms with E-state index in [1.165, 1.54) is 29.2 Å². The fourth-order valence-electron chi connectivity index (χ4n) is 2.60. The summed E-state index contributed by atoms with van der Waals surface area (Å²) in [4.78, 5) is 27.6. The average molecular weight is 333 g/mol. The molecule has 6 heteroatoms. The van der Waals surface area contributed by atoms with Crippen LogP contribution in [0.2, 0.25) is 5.02 Å². The fraction of sp³-hybridized carbons (Fsp3) is 0.176. The number of hydrogen-bond acceptors (Lipinski definition) is 2. The first-order chi connectivity index (χ1) is 11.0. The van der Waals surface area contributed by atoms with Gasteiger partial charge in [0.2, 0.25) is 0 Å². The summed E-state index contributed by atoms with van der Waals surface area (Å²) in [5.41, 5.74) is 1.18. The molecule has 0 N–H and O–H groups in total. The maximum atomic E-state index is 13.1. The van der Waals surface area contributed by atoms with Crippen LogP contribution in [-0.2, 0) is 11.3 Å². The van der Waals surface area contributed by atoms with E-state index in [9.17, 15) is 14.0 Å². The number of imide groups is 1. The molecule has 0 aromatic heterocycles. The molecule has 1 aliphatic heterocycles. The second-order valence-corrected chi connectivity index (χ2v) is 5.73. The summed E-state index contributed by atoms with van der Waals surface area (Å²) in [5.74, 6) is -0.702. The van der Waals surface area contributed by atoms with Crippen molar-refractivity contribution in [1.29, 1.82) is 0 Å². The molecular weight excluding hydrogens is 319 g/mol. The molecule has 0 bridgehead atoms. The quantitative estimate of drug-likeness (QED) is 0.801. The van der Waals surface area contributed by atoms with E-state index in [2.05, 4.69) is 0 Å². The Kier molecular flexibility index (Phi) is 4.05. The summed E-state index contributed by atoms with van der Waals surface area (Å²) in [7, 11) is 0. The number of amides is 3. The van der Waals surface area contributed by atoms with Gasteiger partial charge in [0.05, 0.1) is 6.54 Å². The van der Waals surface area contributed by atoms with E-state index in [-0.39, 0.29) is 12.5 Å². The number of carbonyl (C=O) groups excluding carboxylic acids is 2. The van der Waals surface area contributed by atoms with E-state index in [1.54, 1.807) is 31.2 Å². The third-order valence-electron chi connectivity index (χ3n) is 3.84. The Bertz CT molecular complexity index is 763. The van der Waals surface area contributed by atoms with Crippen LogP contribution < -0.4 is 4.90 Å². The van der Waals surface area contributed by atoms with Crippen molar-refractivity contribution < 1.29 is 14.0 Å². The van der Waals surface area contributed by atoms with Crippen molar-refractivity contribution in [2.45, 2.75) is 19.5 Å². The van der Waals surface area contributed by atoms with Gasteiger partial charge >= 0.3 is 6.03 Å². The highest BCUT2D eigenvalue weighted by atomic mass is 35.5. The van der Waals surface area contributed by atoms with Gasteiger partial charge in [-0.15, -0.1) is 0 Å². The highest BCUT2D eigenvalue weighted by Crippen LogP contribution is 2.28. The lowest BCUT2D eigenvalue weighted by Gasteiger charge is -2.19. The molecule has 1 fully saturated rings. The van der Waals surface area contributed by atoms with Crippen LogP contribution in [0.25, 0.3) is 0 Å². The second kappa shape index (κ2) is 6.01. The van der Waals surface area contributed by atoms with E-state index in [0.717, 1.165) is 4.90 Å². The van der Waals surface area contributed by atoms with E-state index >= 15 is 0 Å². The van der Waals surface area contributed by atoms with Crippen molar-refractivity contribution in [3.8, 4) is 0 Å². The van der Waals surface area contributed by atoms with Gasteiger partial charge in [-0.25, -0.2) is 9.18 Å². The van der Waals surface area contributed by atoms with Crippen LogP contribution in [0, 0.1) is 5.82 Å². The minimum absolute atomic E-state index is 0.110. The Hall–Kier alpha value is -2.40. The minimum Gasteiger partial charge on any atom is -0.282 e. The highest BCUT2D eigenvalue weighted by Gasteiger charge is 2.43. The SMILES string of the molecule is CC1C(=O)N(Cc2ccccc2Cl)C(=O)N1c1ccc(F)cc1. The summed E-state index contributed by atoms with van der Waals surface area (Å²) in [6, 6.07) is 11.5. The molecule has 3 amide bonds. The molecule has 1 heterocycles.